The Hall–Kier alpha value is -3.17. The number of nitrogens with zero attached hydrogens (tertiary/aromatic N) is 3. The molecular weight excluding hydrogens is 340 g/mol. The van der Waals surface area contributed by atoms with Gasteiger partial charge in [-0.2, -0.15) is 5.26 Å². The zero-order chi connectivity index (χ0) is 18.8. The van der Waals surface area contributed by atoms with Gasteiger partial charge >= 0.3 is 0 Å². The minimum Gasteiger partial charge on any atom is -0.388 e. The first-order valence-electron chi connectivity index (χ1n) is 9.10. The van der Waals surface area contributed by atoms with E-state index < -0.39 is 6.10 Å². The molecule has 136 valence electrons. The van der Waals surface area contributed by atoms with E-state index in [2.05, 4.69) is 16.4 Å². The number of amides is 1. The molecule has 2 aromatic carbocycles. The largest absolute Gasteiger partial charge is 0.388 e. The maximum atomic E-state index is 12.5. The van der Waals surface area contributed by atoms with Gasteiger partial charge in [0, 0.05) is 6.04 Å². The molecule has 4 rings (SSSR count). The second-order valence-corrected chi connectivity index (χ2v) is 6.88. The van der Waals surface area contributed by atoms with Gasteiger partial charge in [0.15, 0.2) is 0 Å². The fourth-order valence-electron chi connectivity index (χ4n) is 3.41. The van der Waals surface area contributed by atoms with Crippen LogP contribution >= 0.6 is 0 Å². The Kier molecular flexibility index (Phi) is 4.61. The zero-order valence-corrected chi connectivity index (χ0v) is 14.8. The van der Waals surface area contributed by atoms with Gasteiger partial charge in [-0.1, -0.05) is 30.3 Å². The normalized spacial score (nSPS) is 15.1. The van der Waals surface area contributed by atoms with Crippen LogP contribution in [0.15, 0.2) is 48.5 Å². The van der Waals surface area contributed by atoms with E-state index in [9.17, 15) is 15.2 Å². The van der Waals surface area contributed by atoms with Crippen LogP contribution in [-0.2, 0) is 4.79 Å². The van der Waals surface area contributed by atoms with E-state index in [1.807, 2.05) is 28.8 Å². The molecule has 0 radical (unpaired) electrons. The standard InChI is InChI=1S/C21H20N4O2/c22-13-14-9-10-17-18(11-14)25(16-7-4-8-16)21(23-17)24-20(27)12-19(26)15-5-2-1-3-6-15/h1-3,5-6,9-11,16,19,26H,4,7-8,12H2,(H,23,24,27)/t19-/m0/s1. The second-order valence-electron chi connectivity index (χ2n) is 6.88. The van der Waals surface area contributed by atoms with Crippen molar-refractivity contribution in [2.24, 2.45) is 0 Å². The molecule has 0 spiro atoms. The van der Waals surface area contributed by atoms with Crippen molar-refractivity contribution in [3.63, 3.8) is 0 Å². The summed E-state index contributed by atoms with van der Waals surface area (Å²) in [5.74, 6) is 0.192. The van der Waals surface area contributed by atoms with Gasteiger partial charge in [-0.05, 0) is 43.0 Å². The lowest BCUT2D eigenvalue weighted by atomic mass is 9.92. The first-order chi connectivity index (χ1) is 13.2. The van der Waals surface area contributed by atoms with Gasteiger partial charge in [-0.3, -0.25) is 10.1 Å². The van der Waals surface area contributed by atoms with E-state index in [0.29, 0.717) is 17.1 Å². The second kappa shape index (κ2) is 7.22. The van der Waals surface area contributed by atoms with Gasteiger partial charge in [-0.25, -0.2) is 4.98 Å². The molecule has 6 nitrogen and oxygen atoms in total. The molecule has 1 amide bonds. The molecule has 1 fully saturated rings. The lowest BCUT2D eigenvalue weighted by Gasteiger charge is -2.29. The highest BCUT2D eigenvalue weighted by Crippen LogP contribution is 2.37. The molecule has 0 unspecified atom stereocenters. The summed E-state index contributed by atoms with van der Waals surface area (Å²) in [7, 11) is 0. The number of carbonyl (C=O) groups is 1. The third-order valence-corrected chi connectivity index (χ3v) is 5.07. The quantitative estimate of drug-likeness (QED) is 0.726. The average molecular weight is 360 g/mol. The van der Waals surface area contributed by atoms with E-state index in [4.69, 9.17) is 0 Å². The first kappa shape index (κ1) is 17.3. The fourth-order valence-corrected chi connectivity index (χ4v) is 3.41. The van der Waals surface area contributed by atoms with Crippen molar-refractivity contribution in [2.45, 2.75) is 37.8 Å². The molecule has 1 aromatic heterocycles. The molecule has 1 aliphatic carbocycles. The highest BCUT2D eigenvalue weighted by Gasteiger charge is 2.26. The van der Waals surface area contributed by atoms with E-state index >= 15 is 0 Å². The monoisotopic (exact) mass is 360 g/mol. The van der Waals surface area contributed by atoms with Gasteiger partial charge in [0.05, 0.1) is 35.2 Å². The number of hydrogen-bond acceptors (Lipinski definition) is 4. The van der Waals surface area contributed by atoms with Crippen molar-refractivity contribution in [3.8, 4) is 6.07 Å². The molecule has 2 N–H and O–H groups in total. The third kappa shape index (κ3) is 3.42. The number of aliphatic hydroxyl groups is 1. The minimum atomic E-state index is -0.863. The summed E-state index contributed by atoms with van der Waals surface area (Å²) in [4.78, 5) is 17.1. The van der Waals surface area contributed by atoms with Crippen molar-refractivity contribution in [2.75, 3.05) is 5.32 Å². The number of rotatable bonds is 5. The van der Waals surface area contributed by atoms with E-state index in [-0.39, 0.29) is 18.4 Å². The third-order valence-electron chi connectivity index (χ3n) is 5.07. The smallest absolute Gasteiger partial charge is 0.229 e. The predicted octanol–water partition coefficient (Wildman–Crippen LogP) is 3.70. The van der Waals surface area contributed by atoms with Gasteiger partial charge in [0.1, 0.15) is 0 Å². The predicted molar refractivity (Wildman–Crippen MR) is 102 cm³/mol. The van der Waals surface area contributed by atoms with Crippen LogP contribution in [0.3, 0.4) is 0 Å². The van der Waals surface area contributed by atoms with Gasteiger partial charge < -0.3 is 9.67 Å². The molecular formula is C21H20N4O2. The minimum absolute atomic E-state index is 0.0403. The van der Waals surface area contributed by atoms with Crippen molar-refractivity contribution in [1.29, 1.82) is 5.26 Å². The van der Waals surface area contributed by atoms with E-state index in [1.54, 1.807) is 24.3 Å². The topological polar surface area (TPSA) is 90.9 Å². The SMILES string of the molecule is N#Cc1ccc2nc(NC(=O)C[C@H](O)c3ccccc3)n(C3CCC3)c2c1. The van der Waals surface area contributed by atoms with Crippen LogP contribution in [0.4, 0.5) is 5.95 Å². The molecule has 1 atom stereocenters. The Balaban J connectivity index is 1.59. The molecule has 0 saturated heterocycles. The van der Waals surface area contributed by atoms with Crippen molar-refractivity contribution < 1.29 is 9.90 Å². The summed E-state index contributed by atoms with van der Waals surface area (Å²) in [5.41, 5.74) is 2.89. The van der Waals surface area contributed by atoms with Crippen LogP contribution in [0, 0.1) is 11.3 Å². The molecule has 0 aliphatic heterocycles. The number of nitriles is 1. The van der Waals surface area contributed by atoms with Crippen LogP contribution in [-0.4, -0.2) is 20.6 Å². The van der Waals surface area contributed by atoms with Crippen LogP contribution in [0.1, 0.15) is 49.0 Å². The van der Waals surface area contributed by atoms with Crippen LogP contribution in [0.25, 0.3) is 11.0 Å². The number of fused-ring (bicyclic) bond motifs is 1. The van der Waals surface area contributed by atoms with Crippen molar-refractivity contribution in [1.82, 2.24) is 9.55 Å². The summed E-state index contributed by atoms with van der Waals surface area (Å²) < 4.78 is 2.02. The Labute approximate surface area is 157 Å². The Bertz CT molecular complexity index is 1020. The summed E-state index contributed by atoms with van der Waals surface area (Å²) in [6.07, 6.45) is 2.29. The number of carbonyl (C=O) groups excluding carboxylic acids is 1. The van der Waals surface area contributed by atoms with Crippen LogP contribution < -0.4 is 5.32 Å². The van der Waals surface area contributed by atoms with Crippen LogP contribution in [0.2, 0.25) is 0 Å². The number of anilines is 1. The number of imidazole rings is 1. The lowest BCUT2D eigenvalue weighted by molar-refractivity contribution is -0.118. The molecule has 1 saturated carbocycles. The van der Waals surface area contributed by atoms with Crippen molar-refractivity contribution in [3.05, 3.63) is 59.7 Å². The Morgan fingerprint density at radius 3 is 2.74 bits per heavy atom. The molecule has 0 bridgehead atoms. The molecule has 27 heavy (non-hydrogen) atoms. The highest BCUT2D eigenvalue weighted by atomic mass is 16.3. The number of nitrogens with one attached hydrogen (secondary N) is 1. The molecule has 6 heteroatoms. The molecule has 3 aromatic rings. The fraction of sp³-hybridized carbons (Fsp3) is 0.286. The lowest BCUT2D eigenvalue weighted by Crippen LogP contribution is -2.23. The van der Waals surface area contributed by atoms with E-state index in [1.165, 1.54) is 0 Å². The van der Waals surface area contributed by atoms with Gasteiger partial charge in [0.25, 0.3) is 0 Å². The highest BCUT2D eigenvalue weighted by molar-refractivity contribution is 5.92. The summed E-state index contributed by atoms with van der Waals surface area (Å²) in [6.45, 7) is 0. The summed E-state index contributed by atoms with van der Waals surface area (Å²) >= 11 is 0. The number of aliphatic hydroxyl groups excluding tert-OH is 1. The van der Waals surface area contributed by atoms with Crippen LogP contribution in [0.5, 0.6) is 0 Å². The Morgan fingerprint density at radius 2 is 2.07 bits per heavy atom. The molecule has 1 heterocycles. The zero-order valence-electron chi connectivity index (χ0n) is 14.8. The summed E-state index contributed by atoms with van der Waals surface area (Å²) in [5, 5.41) is 22.3. The maximum absolute atomic E-state index is 12.5. The number of aromatic nitrogens is 2. The number of benzene rings is 2. The van der Waals surface area contributed by atoms with E-state index in [0.717, 1.165) is 30.3 Å². The summed E-state index contributed by atoms with van der Waals surface area (Å²) in [6, 6.07) is 16.9. The maximum Gasteiger partial charge on any atom is 0.229 e. The van der Waals surface area contributed by atoms with Gasteiger partial charge in [0.2, 0.25) is 11.9 Å². The first-order valence-corrected chi connectivity index (χ1v) is 9.10. The number of hydrogen-bond donors (Lipinski definition) is 2. The Morgan fingerprint density at radius 1 is 1.30 bits per heavy atom. The average Bonchev–Trinajstić information content (AvgIpc) is 2.98. The van der Waals surface area contributed by atoms with Crippen molar-refractivity contribution >= 4 is 22.9 Å². The van der Waals surface area contributed by atoms with Gasteiger partial charge in [-0.15, -0.1) is 0 Å². The molecule has 1 aliphatic rings.